The van der Waals surface area contributed by atoms with E-state index in [9.17, 15) is 0 Å². The SMILES string of the molecule is c1ccc(-c2nc(-c3ccc(-c4cc(-c5ccc(-c6ccc7c(c6)-c6cccc8cccc-7c68)cc5)cc5ccccc45)cc3)cc(-c3ccc4ccccc4c3)n2)cc1. The molecule has 10 aromatic carbocycles. The number of benzene rings is 10. The van der Waals surface area contributed by atoms with Crippen LogP contribution in [0.4, 0.5) is 0 Å². The van der Waals surface area contributed by atoms with E-state index in [1.165, 1.54) is 82.4 Å². The molecule has 0 aliphatic heterocycles. The predicted molar refractivity (Wildman–Crippen MR) is 252 cm³/mol. The summed E-state index contributed by atoms with van der Waals surface area (Å²) >= 11 is 0. The number of nitrogens with zero attached hydrogens (tertiary/aromatic N) is 2. The largest absolute Gasteiger partial charge is 0.228 e. The molecule has 0 fully saturated rings. The molecule has 0 N–H and O–H groups in total. The molecule has 278 valence electrons. The molecule has 0 saturated heterocycles. The fourth-order valence-electron chi connectivity index (χ4n) is 9.17. The maximum absolute atomic E-state index is 5.12. The molecule has 0 unspecified atom stereocenters. The highest BCUT2D eigenvalue weighted by molar-refractivity contribution is 6.15. The molecule has 0 bridgehead atoms. The molecule has 2 nitrogen and oxygen atoms in total. The van der Waals surface area contributed by atoms with Crippen molar-refractivity contribution in [1.29, 1.82) is 0 Å². The Bertz CT molecular complexity index is 3450. The van der Waals surface area contributed by atoms with Crippen LogP contribution in [0.5, 0.6) is 0 Å². The number of fused-ring (bicyclic) bond motifs is 5. The van der Waals surface area contributed by atoms with Crippen molar-refractivity contribution < 1.29 is 0 Å². The van der Waals surface area contributed by atoms with Gasteiger partial charge < -0.3 is 0 Å². The maximum atomic E-state index is 5.12. The Morgan fingerprint density at radius 3 is 1.57 bits per heavy atom. The molecular formula is C58H36N2. The molecule has 0 radical (unpaired) electrons. The minimum Gasteiger partial charge on any atom is -0.228 e. The van der Waals surface area contributed by atoms with E-state index in [0.717, 1.165) is 33.6 Å². The summed E-state index contributed by atoms with van der Waals surface area (Å²) in [6, 6.07) is 78.9. The first-order chi connectivity index (χ1) is 29.7. The first kappa shape index (κ1) is 34.1. The summed E-state index contributed by atoms with van der Waals surface area (Å²) in [5.41, 5.74) is 17.4. The summed E-state index contributed by atoms with van der Waals surface area (Å²) in [7, 11) is 0. The number of hydrogen-bond acceptors (Lipinski definition) is 2. The van der Waals surface area contributed by atoms with Crippen molar-refractivity contribution >= 4 is 32.3 Å². The first-order valence-corrected chi connectivity index (χ1v) is 20.5. The van der Waals surface area contributed by atoms with Gasteiger partial charge in [-0.05, 0) is 118 Å². The van der Waals surface area contributed by atoms with Crippen LogP contribution in [-0.2, 0) is 0 Å². The van der Waals surface area contributed by atoms with Crippen LogP contribution in [-0.4, -0.2) is 9.97 Å². The lowest BCUT2D eigenvalue weighted by Gasteiger charge is -2.13. The van der Waals surface area contributed by atoms with Crippen molar-refractivity contribution in [3.63, 3.8) is 0 Å². The van der Waals surface area contributed by atoms with Gasteiger partial charge in [0.05, 0.1) is 11.4 Å². The fraction of sp³-hybridized carbons (Fsp3) is 0. The molecule has 11 aromatic rings. The van der Waals surface area contributed by atoms with Gasteiger partial charge in [0.15, 0.2) is 5.82 Å². The molecule has 0 spiro atoms. The van der Waals surface area contributed by atoms with E-state index in [0.29, 0.717) is 5.82 Å². The lowest BCUT2D eigenvalue weighted by atomic mass is 9.91. The Morgan fingerprint density at radius 1 is 0.233 bits per heavy atom. The highest BCUT2D eigenvalue weighted by Gasteiger charge is 2.21. The Kier molecular flexibility index (Phi) is 7.89. The van der Waals surface area contributed by atoms with E-state index in [1.807, 2.05) is 18.2 Å². The topological polar surface area (TPSA) is 25.8 Å². The molecule has 60 heavy (non-hydrogen) atoms. The van der Waals surface area contributed by atoms with E-state index in [1.54, 1.807) is 0 Å². The van der Waals surface area contributed by atoms with Gasteiger partial charge in [0.1, 0.15) is 0 Å². The van der Waals surface area contributed by atoms with Gasteiger partial charge in [-0.2, -0.15) is 0 Å². The molecule has 0 atom stereocenters. The molecule has 12 rings (SSSR count). The molecule has 0 saturated carbocycles. The lowest BCUT2D eigenvalue weighted by Crippen LogP contribution is -1.96. The zero-order valence-corrected chi connectivity index (χ0v) is 32.7. The molecule has 1 heterocycles. The number of hydrogen-bond donors (Lipinski definition) is 0. The quantitative estimate of drug-likeness (QED) is 0.169. The van der Waals surface area contributed by atoms with Crippen molar-refractivity contribution in [3.8, 4) is 89.5 Å². The summed E-state index contributed by atoms with van der Waals surface area (Å²) < 4.78 is 0. The summed E-state index contributed by atoms with van der Waals surface area (Å²) in [6.45, 7) is 0. The Hall–Kier alpha value is -7.94. The summed E-state index contributed by atoms with van der Waals surface area (Å²) in [6.07, 6.45) is 0. The van der Waals surface area contributed by atoms with Gasteiger partial charge in [0.25, 0.3) is 0 Å². The zero-order valence-electron chi connectivity index (χ0n) is 32.7. The Labute approximate surface area is 348 Å². The Balaban J connectivity index is 0.893. The minimum atomic E-state index is 0.712. The average Bonchev–Trinajstić information content (AvgIpc) is 3.65. The second-order valence-electron chi connectivity index (χ2n) is 15.8. The van der Waals surface area contributed by atoms with Gasteiger partial charge in [0.2, 0.25) is 0 Å². The molecule has 1 aromatic heterocycles. The van der Waals surface area contributed by atoms with E-state index in [2.05, 4.69) is 200 Å². The molecule has 1 aliphatic carbocycles. The van der Waals surface area contributed by atoms with E-state index < -0.39 is 0 Å². The van der Waals surface area contributed by atoms with Gasteiger partial charge >= 0.3 is 0 Å². The summed E-state index contributed by atoms with van der Waals surface area (Å²) in [5.74, 6) is 0.712. The van der Waals surface area contributed by atoms with Gasteiger partial charge in [-0.3, -0.25) is 0 Å². The van der Waals surface area contributed by atoms with Crippen molar-refractivity contribution in [2.24, 2.45) is 0 Å². The monoisotopic (exact) mass is 760 g/mol. The second-order valence-corrected chi connectivity index (χ2v) is 15.8. The van der Waals surface area contributed by atoms with Crippen LogP contribution in [0.25, 0.3) is 122 Å². The minimum absolute atomic E-state index is 0.712. The zero-order chi connectivity index (χ0) is 39.6. The number of rotatable bonds is 6. The van der Waals surface area contributed by atoms with E-state index >= 15 is 0 Å². The third-order valence-corrected chi connectivity index (χ3v) is 12.2. The van der Waals surface area contributed by atoms with E-state index in [4.69, 9.17) is 9.97 Å². The number of aromatic nitrogens is 2. The molecule has 2 heteroatoms. The third-order valence-electron chi connectivity index (χ3n) is 12.2. The lowest BCUT2D eigenvalue weighted by molar-refractivity contribution is 1.18. The van der Waals surface area contributed by atoms with Gasteiger partial charge in [-0.1, -0.05) is 188 Å². The first-order valence-electron chi connectivity index (χ1n) is 20.5. The average molecular weight is 761 g/mol. The van der Waals surface area contributed by atoms with Crippen LogP contribution in [0.1, 0.15) is 0 Å². The van der Waals surface area contributed by atoms with Crippen LogP contribution >= 0.6 is 0 Å². The standard InChI is InChI=1S/C58H36N2/c1-2-11-43(12-3-1)58-59-55(36-56(60-58)47-29-24-37-10-4-5-13-44(37)32-47)41-27-25-40(26-28-41)53-35-48(33-46-14-6-7-17-49(46)53)39-22-20-38(21-23-39)45-30-31-50-51-18-8-15-42-16-9-19-52(57(42)51)54(50)34-45/h1-36H. The van der Waals surface area contributed by atoms with Crippen LogP contribution in [0.2, 0.25) is 0 Å². The van der Waals surface area contributed by atoms with Gasteiger partial charge in [0, 0.05) is 16.7 Å². The molecule has 0 amide bonds. The highest BCUT2D eigenvalue weighted by atomic mass is 14.9. The van der Waals surface area contributed by atoms with Crippen LogP contribution in [0, 0.1) is 0 Å². The van der Waals surface area contributed by atoms with Gasteiger partial charge in [-0.25, -0.2) is 9.97 Å². The van der Waals surface area contributed by atoms with Crippen LogP contribution in [0.15, 0.2) is 218 Å². The van der Waals surface area contributed by atoms with Crippen molar-refractivity contribution in [2.45, 2.75) is 0 Å². The van der Waals surface area contributed by atoms with Crippen molar-refractivity contribution in [3.05, 3.63) is 218 Å². The second kappa shape index (κ2) is 13.9. The van der Waals surface area contributed by atoms with Crippen molar-refractivity contribution in [2.75, 3.05) is 0 Å². The molecular weight excluding hydrogens is 725 g/mol. The third kappa shape index (κ3) is 5.81. The van der Waals surface area contributed by atoms with Crippen LogP contribution < -0.4 is 0 Å². The maximum Gasteiger partial charge on any atom is 0.160 e. The fourth-order valence-corrected chi connectivity index (χ4v) is 9.17. The predicted octanol–water partition coefficient (Wildman–Crippen LogP) is 15.6. The normalized spacial score (nSPS) is 11.7. The molecule has 1 aliphatic rings. The summed E-state index contributed by atoms with van der Waals surface area (Å²) in [4.78, 5) is 10.2. The van der Waals surface area contributed by atoms with Crippen molar-refractivity contribution in [1.82, 2.24) is 9.97 Å². The smallest absolute Gasteiger partial charge is 0.160 e. The van der Waals surface area contributed by atoms with Gasteiger partial charge in [-0.15, -0.1) is 0 Å². The highest BCUT2D eigenvalue weighted by Crippen LogP contribution is 2.48. The van der Waals surface area contributed by atoms with E-state index in [-0.39, 0.29) is 0 Å². The Morgan fingerprint density at radius 2 is 0.783 bits per heavy atom. The summed E-state index contributed by atoms with van der Waals surface area (Å²) in [5, 5.41) is 7.51. The van der Waals surface area contributed by atoms with Crippen LogP contribution in [0.3, 0.4) is 0 Å².